The number of carbonyl (C=O) groups excluding carboxylic acids is 3. The molecule has 0 spiro atoms. The minimum Gasteiger partial charge on any atom is -0.462 e. The molecule has 0 aliphatic carbocycles. The molecule has 61 heavy (non-hydrogen) atoms. The van der Waals surface area contributed by atoms with Crippen molar-refractivity contribution in [2.45, 2.75) is 258 Å². The maximum absolute atomic E-state index is 12.8. The first kappa shape index (κ1) is 58.1. The normalized spacial score (nSPS) is 12.5. The van der Waals surface area contributed by atoms with Crippen molar-refractivity contribution in [3.05, 3.63) is 60.8 Å². The maximum atomic E-state index is 12.8. The highest BCUT2D eigenvalue weighted by molar-refractivity contribution is 5.71. The van der Waals surface area contributed by atoms with Crippen LogP contribution in [0.5, 0.6) is 0 Å². The van der Waals surface area contributed by atoms with E-state index < -0.39 is 6.10 Å². The van der Waals surface area contributed by atoms with E-state index in [4.69, 9.17) is 14.2 Å². The summed E-state index contributed by atoms with van der Waals surface area (Å²) in [6.45, 7) is 6.47. The molecule has 0 amide bonds. The molecule has 0 heterocycles. The molecule has 0 bridgehead atoms. The number of carbonyl (C=O) groups is 3. The molecule has 0 aromatic carbocycles. The Hall–Kier alpha value is -2.89. The van der Waals surface area contributed by atoms with Crippen LogP contribution in [0.3, 0.4) is 0 Å². The third-order valence-electron chi connectivity index (χ3n) is 11.1. The molecule has 0 aromatic heterocycles. The van der Waals surface area contributed by atoms with Crippen LogP contribution < -0.4 is 0 Å². The number of rotatable bonds is 46. The summed E-state index contributed by atoms with van der Waals surface area (Å²) in [6.07, 6.45) is 60.6. The summed E-state index contributed by atoms with van der Waals surface area (Å²) in [7, 11) is 0. The van der Waals surface area contributed by atoms with Gasteiger partial charge in [-0.15, -0.1) is 0 Å². The van der Waals surface area contributed by atoms with E-state index >= 15 is 0 Å². The van der Waals surface area contributed by atoms with Crippen molar-refractivity contribution >= 4 is 17.9 Å². The molecule has 1 atom stereocenters. The van der Waals surface area contributed by atoms with E-state index in [0.717, 1.165) is 96.3 Å². The van der Waals surface area contributed by atoms with Gasteiger partial charge in [0.2, 0.25) is 0 Å². The van der Waals surface area contributed by atoms with Crippen LogP contribution in [0, 0.1) is 0 Å². The molecule has 0 aromatic rings. The van der Waals surface area contributed by atoms with E-state index in [-0.39, 0.29) is 31.1 Å². The van der Waals surface area contributed by atoms with Crippen LogP contribution in [-0.2, 0) is 28.6 Å². The Morgan fingerprint density at radius 3 is 1.02 bits per heavy atom. The highest BCUT2D eigenvalue weighted by Gasteiger charge is 2.19. The maximum Gasteiger partial charge on any atom is 0.306 e. The van der Waals surface area contributed by atoms with Gasteiger partial charge in [0.05, 0.1) is 0 Å². The van der Waals surface area contributed by atoms with Gasteiger partial charge in [0.25, 0.3) is 0 Å². The number of allylic oxidation sites excluding steroid dienone is 10. The lowest BCUT2D eigenvalue weighted by Crippen LogP contribution is -2.30. The lowest BCUT2D eigenvalue weighted by atomic mass is 10.0. The van der Waals surface area contributed by atoms with Crippen molar-refractivity contribution in [2.24, 2.45) is 0 Å². The smallest absolute Gasteiger partial charge is 0.306 e. The van der Waals surface area contributed by atoms with E-state index in [9.17, 15) is 14.4 Å². The molecule has 6 nitrogen and oxygen atoms in total. The van der Waals surface area contributed by atoms with Crippen LogP contribution in [0.25, 0.3) is 0 Å². The second-order valence-electron chi connectivity index (χ2n) is 17.1. The van der Waals surface area contributed by atoms with Gasteiger partial charge in [-0.2, -0.15) is 0 Å². The zero-order chi connectivity index (χ0) is 44.4. The minimum atomic E-state index is -0.790. The summed E-state index contributed by atoms with van der Waals surface area (Å²) in [4.78, 5) is 37.9. The largest absolute Gasteiger partial charge is 0.462 e. The van der Waals surface area contributed by atoms with Crippen molar-refractivity contribution in [1.29, 1.82) is 0 Å². The zero-order valence-corrected chi connectivity index (χ0v) is 40.2. The fourth-order valence-electron chi connectivity index (χ4n) is 7.20. The Balaban J connectivity index is 4.43. The van der Waals surface area contributed by atoms with Gasteiger partial charge in [-0.1, -0.05) is 229 Å². The van der Waals surface area contributed by atoms with Gasteiger partial charge in [-0.3, -0.25) is 14.4 Å². The van der Waals surface area contributed by atoms with Crippen LogP contribution in [0.15, 0.2) is 60.8 Å². The summed E-state index contributed by atoms with van der Waals surface area (Å²) in [6, 6.07) is 0. The van der Waals surface area contributed by atoms with E-state index in [0.29, 0.717) is 19.3 Å². The summed E-state index contributed by atoms with van der Waals surface area (Å²) >= 11 is 0. The highest BCUT2D eigenvalue weighted by Crippen LogP contribution is 2.15. The molecule has 0 aliphatic rings. The molecule has 0 fully saturated rings. The van der Waals surface area contributed by atoms with Crippen molar-refractivity contribution in [1.82, 2.24) is 0 Å². The van der Waals surface area contributed by atoms with Crippen molar-refractivity contribution < 1.29 is 28.6 Å². The molecule has 6 heteroatoms. The average molecular weight is 853 g/mol. The van der Waals surface area contributed by atoms with Crippen LogP contribution in [0.4, 0.5) is 0 Å². The Morgan fingerprint density at radius 2 is 0.639 bits per heavy atom. The quantitative estimate of drug-likeness (QED) is 0.0263. The molecule has 0 radical (unpaired) electrons. The Bertz CT molecular complexity index is 1120. The van der Waals surface area contributed by atoms with Crippen molar-refractivity contribution in [3.63, 3.8) is 0 Å². The van der Waals surface area contributed by atoms with Crippen LogP contribution >= 0.6 is 0 Å². The summed E-state index contributed by atoms with van der Waals surface area (Å²) < 4.78 is 16.8. The van der Waals surface area contributed by atoms with Gasteiger partial charge >= 0.3 is 17.9 Å². The number of unbranched alkanes of at least 4 members (excludes halogenated alkanes) is 28. The van der Waals surface area contributed by atoms with E-state index in [1.807, 2.05) is 0 Å². The standard InChI is InChI=1S/C55H96O6/c1-4-7-10-13-16-19-22-25-27-28-31-33-36-39-42-45-48-54(57)60-51-52(50-59-53(56)47-44-41-38-35-32-29-24-21-18-15-12-9-6-3)61-55(58)49-46-43-40-37-34-30-26-23-20-17-14-11-8-5-2/h9,12,15,18,21,24,27-28,31,33,52H,4-8,10-11,13-14,16-17,19-20,22-23,25-26,29-30,32,34-51H2,1-3H3/b12-9+,18-15+,24-21+,28-27+,33-31+. The highest BCUT2D eigenvalue weighted by atomic mass is 16.6. The van der Waals surface area contributed by atoms with Gasteiger partial charge < -0.3 is 14.2 Å². The van der Waals surface area contributed by atoms with Crippen molar-refractivity contribution in [3.8, 4) is 0 Å². The first-order valence-electron chi connectivity index (χ1n) is 25.8. The van der Waals surface area contributed by atoms with Crippen LogP contribution in [0.1, 0.15) is 252 Å². The van der Waals surface area contributed by atoms with Crippen molar-refractivity contribution in [2.75, 3.05) is 13.2 Å². The Morgan fingerprint density at radius 1 is 0.344 bits per heavy atom. The third kappa shape index (κ3) is 48.0. The van der Waals surface area contributed by atoms with Gasteiger partial charge in [0.1, 0.15) is 13.2 Å². The first-order chi connectivity index (χ1) is 30.0. The third-order valence-corrected chi connectivity index (χ3v) is 11.1. The van der Waals surface area contributed by atoms with E-state index in [1.54, 1.807) is 0 Å². The first-order valence-corrected chi connectivity index (χ1v) is 25.8. The number of esters is 3. The fraction of sp³-hybridized carbons (Fsp3) is 0.764. The second kappa shape index (κ2) is 49.8. The number of hydrogen-bond donors (Lipinski definition) is 0. The zero-order valence-electron chi connectivity index (χ0n) is 40.2. The molecule has 0 aliphatic heterocycles. The van der Waals surface area contributed by atoms with Crippen LogP contribution in [0.2, 0.25) is 0 Å². The Kier molecular flexibility index (Phi) is 47.4. The summed E-state index contributed by atoms with van der Waals surface area (Å²) in [5.41, 5.74) is 0. The van der Waals surface area contributed by atoms with Gasteiger partial charge in [-0.05, 0) is 64.2 Å². The predicted octanol–water partition coefficient (Wildman–Crippen LogP) is 16.9. The summed E-state index contributed by atoms with van der Waals surface area (Å²) in [5, 5.41) is 0. The average Bonchev–Trinajstić information content (AvgIpc) is 3.26. The van der Waals surface area contributed by atoms with Gasteiger partial charge in [0, 0.05) is 19.3 Å². The molecule has 0 N–H and O–H groups in total. The number of hydrogen-bond acceptors (Lipinski definition) is 6. The summed E-state index contributed by atoms with van der Waals surface area (Å²) in [5.74, 6) is -0.931. The Labute approximate surface area is 377 Å². The van der Waals surface area contributed by atoms with Crippen LogP contribution in [-0.4, -0.2) is 37.2 Å². The fourth-order valence-corrected chi connectivity index (χ4v) is 7.20. The molecule has 0 saturated heterocycles. The van der Waals surface area contributed by atoms with Gasteiger partial charge in [0.15, 0.2) is 6.10 Å². The van der Waals surface area contributed by atoms with Gasteiger partial charge in [-0.25, -0.2) is 0 Å². The molecule has 352 valence electrons. The molecule has 1 unspecified atom stereocenters. The second-order valence-corrected chi connectivity index (χ2v) is 17.1. The number of ether oxygens (including phenoxy) is 3. The molecular weight excluding hydrogens is 757 g/mol. The topological polar surface area (TPSA) is 78.9 Å². The SMILES string of the molecule is CC/C=C/C=C/C=C/CCCCCCCC(=O)OCC(COC(=O)CCCCC/C=C/C=C/CCCCCCCCC)OC(=O)CCCCCCCCCCCCCCCC. The monoisotopic (exact) mass is 853 g/mol. The van der Waals surface area contributed by atoms with E-state index in [1.165, 1.54) is 116 Å². The minimum absolute atomic E-state index is 0.0918. The molecule has 0 rings (SSSR count). The molecular formula is C55H96O6. The predicted molar refractivity (Wildman–Crippen MR) is 261 cm³/mol. The molecule has 0 saturated carbocycles. The van der Waals surface area contributed by atoms with E-state index in [2.05, 4.69) is 81.5 Å². The lowest BCUT2D eigenvalue weighted by molar-refractivity contribution is -0.167. The lowest BCUT2D eigenvalue weighted by Gasteiger charge is -2.18.